The Morgan fingerprint density at radius 3 is 2.48 bits per heavy atom. The van der Waals surface area contributed by atoms with E-state index in [1.54, 1.807) is 6.20 Å². The van der Waals surface area contributed by atoms with Crippen LogP contribution in [0.25, 0.3) is 0 Å². The SMILES string of the molecule is Cc1cc(C)cc(NC(=O)c2cnc(NCCc3cccc(Cl)c3)cn2)c1. The monoisotopic (exact) mass is 380 g/mol. The molecular weight excluding hydrogens is 360 g/mol. The minimum absolute atomic E-state index is 0.273. The van der Waals surface area contributed by atoms with Crippen molar-refractivity contribution in [2.75, 3.05) is 17.2 Å². The van der Waals surface area contributed by atoms with Crippen molar-refractivity contribution >= 4 is 29.0 Å². The van der Waals surface area contributed by atoms with Gasteiger partial charge in [0.05, 0.1) is 12.4 Å². The lowest BCUT2D eigenvalue weighted by Gasteiger charge is -2.08. The summed E-state index contributed by atoms with van der Waals surface area (Å²) in [6.45, 7) is 4.68. The molecule has 5 nitrogen and oxygen atoms in total. The van der Waals surface area contributed by atoms with Gasteiger partial charge in [-0.05, 0) is 61.2 Å². The van der Waals surface area contributed by atoms with Crippen LogP contribution < -0.4 is 10.6 Å². The van der Waals surface area contributed by atoms with Crippen molar-refractivity contribution in [1.82, 2.24) is 9.97 Å². The van der Waals surface area contributed by atoms with Gasteiger partial charge in [-0.3, -0.25) is 4.79 Å². The minimum atomic E-state index is -0.280. The number of benzene rings is 2. The van der Waals surface area contributed by atoms with E-state index in [1.807, 2.05) is 50.2 Å². The molecule has 3 aromatic rings. The van der Waals surface area contributed by atoms with E-state index < -0.39 is 0 Å². The van der Waals surface area contributed by atoms with Crippen molar-refractivity contribution < 1.29 is 4.79 Å². The molecule has 138 valence electrons. The smallest absolute Gasteiger partial charge is 0.275 e. The van der Waals surface area contributed by atoms with Gasteiger partial charge in [0.15, 0.2) is 0 Å². The average Bonchev–Trinajstić information content (AvgIpc) is 2.61. The molecule has 2 N–H and O–H groups in total. The highest BCUT2D eigenvalue weighted by molar-refractivity contribution is 6.30. The molecule has 1 amide bonds. The number of carbonyl (C=O) groups excluding carboxylic acids is 1. The number of hydrogen-bond acceptors (Lipinski definition) is 4. The van der Waals surface area contributed by atoms with Crippen LogP contribution in [-0.2, 0) is 6.42 Å². The summed E-state index contributed by atoms with van der Waals surface area (Å²) in [5, 5.41) is 6.78. The van der Waals surface area contributed by atoms with Crippen LogP contribution in [0.2, 0.25) is 5.02 Å². The van der Waals surface area contributed by atoms with Gasteiger partial charge in [0, 0.05) is 17.3 Å². The lowest BCUT2D eigenvalue weighted by Crippen LogP contribution is -2.15. The summed E-state index contributed by atoms with van der Waals surface area (Å²) in [4.78, 5) is 20.8. The largest absolute Gasteiger partial charge is 0.368 e. The number of hydrogen-bond donors (Lipinski definition) is 2. The van der Waals surface area contributed by atoms with Crippen LogP contribution in [0, 0.1) is 13.8 Å². The lowest BCUT2D eigenvalue weighted by atomic mass is 10.1. The Balaban J connectivity index is 1.55. The van der Waals surface area contributed by atoms with E-state index >= 15 is 0 Å². The fraction of sp³-hybridized carbons (Fsp3) is 0.190. The summed E-state index contributed by atoms with van der Waals surface area (Å²) in [5.74, 6) is 0.345. The molecule has 0 radical (unpaired) electrons. The average molecular weight is 381 g/mol. The molecule has 2 aromatic carbocycles. The molecule has 0 fully saturated rings. The molecule has 0 saturated carbocycles. The van der Waals surface area contributed by atoms with Crippen molar-refractivity contribution in [3.63, 3.8) is 0 Å². The number of halogens is 1. The third-order valence-electron chi connectivity index (χ3n) is 3.97. The third kappa shape index (κ3) is 5.53. The van der Waals surface area contributed by atoms with Gasteiger partial charge in [0.2, 0.25) is 0 Å². The summed E-state index contributed by atoms with van der Waals surface area (Å²) in [6, 6.07) is 13.6. The highest BCUT2D eigenvalue weighted by Crippen LogP contribution is 2.15. The van der Waals surface area contributed by atoms with Crippen LogP contribution in [0.1, 0.15) is 27.2 Å². The maximum absolute atomic E-state index is 12.3. The summed E-state index contributed by atoms with van der Waals surface area (Å²) in [5.41, 5.74) is 4.36. The molecule has 0 atom stereocenters. The van der Waals surface area contributed by atoms with Gasteiger partial charge < -0.3 is 10.6 Å². The molecule has 0 bridgehead atoms. The first-order chi connectivity index (χ1) is 13.0. The van der Waals surface area contributed by atoms with Crippen LogP contribution in [0.3, 0.4) is 0 Å². The van der Waals surface area contributed by atoms with Crippen LogP contribution in [-0.4, -0.2) is 22.4 Å². The van der Waals surface area contributed by atoms with E-state index in [-0.39, 0.29) is 11.6 Å². The predicted octanol–water partition coefficient (Wildman–Crippen LogP) is 4.65. The maximum Gasteiger partial charge on any atom is 0.275 e. The number of carbonyl (C=O) groups is 1. The van der Waals surface area contributed by atoms with Crippen molar-refractivity contribution in [1.29, 1.82) is 0 Å². The molecule has 0 aliphatic heterocycles. The third-order valence-corrected chi connectivity index (χ3v) is 4.21. The fourth-order valence-electron chi connectivity index (χ4n) is 2.81. The number of aromatic nitrogens is 2. The maximum atomic E-state index is 12.3. The number of amides is 1. The molecule has 1 aromatic heterocycles. The first-order valence-electron chi connectivity index (χ1n) is 8.69. The van der Waals surface area contributed by atoms with Crippen LogP contribution >= 0.6 is 11.6 Å². The van der Waals surface area contributed by atoms with E-state index in [2.05, 4.69) is 26.7 Å². The van der Waals surface area contributed by atoms with Gasteiger partial charge in [0.1, 0.15) is 11.5 Å². The molecule has 3 rings (SSSR count). The number of rotatable bonds is 6. The van der Waals surface area contributed by atoms with E-state index in [0.717, 1.165) is 33.8 Å². The topological polar surface area (TPSA) is 66.9 Å². The molecule has 1 heterocycles. The molecule has 27 heavy (non-hydrogen) atoms. The summed E-state index contributed by atoms with van der Waals surface area (Å²) in [7, 11) is 0. The standard InChI is InChI=1S/C21H21ClN4O/c1-14-8-15(2)10-18(9-14)26-21(27)19-12-25-20(13-24-19)23-7-6-16-4-3-5-17(22)11-16/h3-5,8-13H,6-7H2,1-2H3,(H,23,25)(H,26,27). The molecule has 6 heteroatoms. The zero-order valence-corrected chi connectivity index (χ0v) is 16.0. The van der Waals surface area contributed by atoms with Gasteiger partial charge in [-0.25, -0.2) is 9.97 Å². The first kappa shape index (κ1) is 18.9. The lowest BCUT2D eigenvalue weighted by molar-refractivity contribution is 0.102. The first-order valence-corrected chi connectivity index (χ1v) is 9.07. The quantitative estimate of drug-likeness (QED) is 0.653. The van der Waals surface area contributed by atoms with Gasteiger partial charge in [-0.1, -0.05) is 29.8 Å². The highest BCUT2D eigenvalue weighted by atomic mass is 35.5. The highest BCUT2D eigenvalue weighted by Gasteiger charge is 2.09. The van der Waals surface area contributed by atoms with Gasteiger partial charge >= 0.3 is 0 Å². The van der Waals surface area contributed by atoms with E-state index in [4.69, 9.17) is 11.6 Å². The second-order valence-corrected chi connectivity index (χ2v) is 6.86. The summed E-state index contributed by atoms with van der Waals surface area (Å²) in [6.07, 6.45) is 3.85. The number of nitrogens with zero attached hydrogens (tertiary/aromatic N) is 2. The van der Waals surface area contributed by atoms with Crippen LogP contribution in [0.5, 0.6) is 0 Å². The van der Waals surface area contributed by atoms with E-state index in [9.17, 15) is 4.79 Å². The Labute approximate surface area is 163 Å². The Bertz CT molecular complexity index is 921. The zero-order chi connectivity index (χ0) is 19.2. The predicted molar refractivity (Wildman–Crippen MR) is 110 cm³/mol. The molecule has 0 unspecified atom stereocenters. The number of nitrogens with one attached hydrogen (secondary N) is 2. The second-order valence-electron chi connectivity index (χ2n) is 6.42. The Hall–Kier alpha value is -2.92. The van der Waals surface area contributed by atoms with E-state index in [0.29, 0.717) is 12.4 Å². The minimum Gasteiger partial charge on any atom is -0.368 e. The Morgan fingerprint density at radius 1 is 1.04 bits per heavy atom. The van der Waals surface area contributed by atoms with Crippen molar-refractivity contribution in [2.45, 2.75) is 20.3 Å². The van der Waals surface area contributed by atoms with Gasteiger partial charge in [-0.15, -0.1) is 0 Å². The van der Waals surface area contributed by atoms with Gasteiger partial charge in [-0.2, -0.15) is 0 Å². The Kier molecular flexibility index (Phi) is 6.04. The number of anilines is 2. The number of aryl methyl sites for hydroxylation is 2. The van der Waals surface area contributed by atoms with Gasteiger partial charge in [0.25, 0.3) is 5.91 Å². The normalized spacial score (nSPS) is 10.5. The summed E-state index contributed by atoms with van der Waals surface area (Å²) >= 11 is 5.98. The molecule has 0 saturated heterocycles. The van der Waals surface area contributed by atoms with Crippen molar-refractivity contribution in [2.24, 2.45) is 0 Å². The molecule has 0 spiro atoms. The zero-order valence-electron chi connectivity index (χ0n) is 15.3. The Morgan fingerprint density at radius 2 is 1.81 bits per heavy atom. The van der Waals surface area contributed by atoms with E-state index in [1.165, 1.54) is 6.20 Å². The van der Waals surface area contributed by atoms with Crippen LogP contribution in [0.15, 0.2) is 54.9 Å². The van der Waals surface area contributed by atoms with Crippen LogP contribution in [0.4, 0.5) is 11.5 Å². The molecular formula is C21H21ClN4O. The van der Waals surface area contributed by atoms with Crippen molar-refractivity contribution in [3.05, 3.63) is 82.3 Å². The summed E-state index contributed by atoms with van der Waals surface area (Å²) < 4.78 is 0. The van der Waals surface area contributed by atoms with Crippen molar-refractivity contribution in [3.8, 4) is 0 Å². The molecule has 0 aliphatic carbocycles. The second kappa shape index (κ2) is 8.64. The molecule has 0 aliphatic rings. The fourth-order valence-corrected chi connectivity index (χ4v) is 3.02.